The van der Waals surface area contributed by atoms with Gasteiger partial charge in [0.15, 0.2) is 11.5 Å². The van der Waals surface area contributed by atoms with Crippen LogP contribution in [0.25, 0.3) is 6.08 Å². The van der Waals surface area contributed by atoms with Crippen molar-refractivity contribution in [1.29, 1.82) is 5.26 Å². The van der Waals surface area contributed by atoms with E-state index >= 15 is 0 Å². The van der Waals surface area contributed by atoms with E-state index in [2.05, 4.69) is 5.32 Å². The van der Waals surface area contributed by atoms with Crippen LogP contribution in [-0.2, 0) is 4.79 Å². The molecule has 104 valence electrons. The van der Waals surface area contributed by atoms with Crippen molar-refractivity contribution in [2.75, 3.05) is 12.1 Å². The highest BCUT2D eigenvalue weighted by Crippen LogP contribution is 2.34. The Morgan fingerprint density at radius 2 is 2.14 bits per heavy atom. The average molecular weight is 282 g/mol. The van der Waals surface area contributed by atoms with Crippen LogP contribution in [-0.4, -0.2) is 12.7 Å². The molecule has 0 fully saturated rings. The van der Waals surface area contributed by atoms with Crippen molar-refractivity contribution >= 4 is 17.7 Å². The summed E-state index contributed by atoms with van der Waals surface area (Å²) < 4.78 is 15.3. The number of hydrogen-bond acceptors (Lipinski definition) is 5. The zero-order valence-corrected chi connectivity index (χ0v) is 10.8. The minimum atomic E-state index is -0.502. The van der Waals surface area contributed by atoms with Gasteiger partial charge in [-0.05, 0) is 24.3 Å². The van der Waals surface area contributed by atoms with Gasteiger partial charge in [0.05, 0.1) is 12.5 Å². The predicted molar refractivity (Wildman–Crippen MR) is 73.5 cm³/mol. The Labute approximate surface area is 120 Å². The van der Waals surface area contributed by atoms with Gasteiger partial charge in [-0.25, -0.2) is 0 Å². The third kappa shape index (κ3) is 2.72. The summed E-state index contributed by atoms with van der Waals surface area (Å²) in [5, 5.41) is 11.7. The molecule has 1 N–H and O–H groups in total. The third-order valence-corrected chi connectivity index (χ3v) is 2.85. The predicted octanol–water partition coefficient (Wildman–Crippen LogP) is 2.55. The molecular weight excluding hydrogens is 272 g/mol. The molecule has 6 nitrogen and oxygen atoms in total. The number of furan rings is 1. The van der Waals surface area contributed by atoms with Crippen molar-refractivity contribution in [2.24, 2.45) is 0 Å². The van der Waals surface area contributed by atoms with E-state index < -0.39 is 5.91 Å². The molecule has 1 aromatic heterocycles. The SMILES string of the molecule is N#C/C(=C/c1ccoc1)C(=O)Nc1ccc2c(c1)OCO2. The zero-order chi connectivity index (χ0) is 14.7. The summed E-state index contributed by atoms with van der Waals surface area (Å²) in [5.41, 5.74) is 1.15. The fraction of sp³-hybridized carbons (Fsp3) is 0.0667. The summed E-state index contributed by atoms with van der Waals surface area (Å²) in [4.78, 5) is 12.1. The van der Waals surface area contributed by atoms with Crippen LogP contribution in [0, 0.1) is 11.3 Å². The normalized spacial score (nSPS) is 12.8. The maximum Gasteiger partial charge on any atom is 0.266 e. The first-order valence-corrected chi connectivity index (χ1v) is 6.11. The van der Waals surface area contributed by atoms with E-state index in [0.717, 1.165) is 0 Å². The van der Waals surface area contributed by atoms with E-state index in [0.29, 0.717) is 22.7 Å². The number of fused-ring (bicyclic) bond motifs is 1. The van der Waals surface area contributed by atoms with Crippen LogP contribution in [0.4, 0.5) is 5.69 Å². The highest BCUT2D eigenvalue weighted by atomic mass is 16.7. The molecule has 1 aliphatic heterocycles. The van der Waals surface area contributed by atoms with Crippen molar-refractivity contribution in [3.63, 3.8) is 0 Å². The third-order valence-electron chi connectivity index (χ3n) is 2.85. The van der Waals surface area contributed by atoms with Crippen molar-refractivity contribution < 1.29 is 18.7 Å². The van der Waals surface area contributed by atoms with Crippen molar-refractivity contribution in [3.05, 3.63) is 47.9 Å². The summed E-state index contributed by atoms with van der Waals surface area (Å²) in [7, 11) is 0. The zero-order valence-electron chi connectivity index (χ0n) is 10.8. The molecule has 21 heavy (non-hydrogen) atoms. The van der Waals surface area contributed by atoms with E-state index in [-0.39, 0.29) is 12.4 Å². The number of hydrogen-bond donors (Lipinski definition) is 1. The van der Waals surface area contributed by atoms with Gasteiger partial charge in [0.25, 0.3) is 5.91 Å². The number of amides is 1. The van der Waals surface area contributed by atoms with E-state index in [4.69, 9.17) is 19.2 Å². The van der Waals surface area contributed by atoms with Gasteiger partial charge < -0.3 is 19.2 Å². The second-order valence-corrected chi connectivity index (χ2v) is 4.25. The first-order chi connectivity index (χ1) is 10.3. The quantitative estimate of drug-likeness (QED) is 0.690. The second-order valence-electron chi connectivity index (χ2n) is 4.25. The molecule has 0 radical (unpaired) electrons. The number of rotatable bonds is 3. The van der Waals surface area contributed by atoms with Gasteiger partial charge in [0, 0.05) is 17.3 Å². The molecule has 0 atom stereocenters. The van der Waals surface area contributed by atoms with Crippen molar-refractivity contribution in [3.8, 4) is 17.6 Å². The van der Waals surface area contributed by atoms with Crippen LogP contribution >= 0.6 is 0 Å². The Kier molecular flexibility index (Phi) is 3.31. The lowest BCUT2D eigenvalue weighted by atomic mass is 10.2. The summed E-state index contributed by atoms with van der Waals surface area (Å²) in [6, 6.07) is 8.55. The topological polar surface area (TPSA) is 84.5 Å². The summed E-state index contributed by atoms with van der Waals surface area (Å²) in [6.45, 7) is 0.163. The van der Waals surface area contributed by atoms with Gasteiger partial charge in [-0.2, -0.15) is 5.26 Å². The molecule has 0 saturated carbocycles. The lowest BCUT2D eigenvalue weighted by molar-refractivity contribution is -0.112. The Hall–Kier alpha value is -3.20. The largest absolute Gasteiger partial charge is 0.472 e. The van der Waals surface area contributed by atoms with Crippen LogP contribution in [0.3, 0.4) is 0 Å². The fourth-order valence-corrected chi connectivity index (χ4v) is 1.85. The Morgan fingerprint density at radius 1 is 1.29 bits per heavy atom. The standard InChI is InChI=1S/C15H10N2O4/c16-7-11(5-10-3-4-19-8-10)15(18)17-12-1-2-13-14(6-12)21-9-20-13/h1-6,8H,9H2,(H,17,18)/b11-5-. The highest BCUT2D eigenvalue weighted by Gasteiger charge is 2.15. The Bertz CT molecular complexity index is 742. The van der Waals surface area contributed by atoms with E-state index in [9.17, 15) is 4.79 Å². The van der Waals surface area contributed by atoms with Crippen LogP contribution in [0.15, 0.2) is 46.8 Å². The Balaban J connectivity index is 1.78. The van der Waals surface area contributed by atoms with Crippen molar-refractivity contribution in [1.82, 2.24) is 0 Å². The summed E-state index contributed by atoms with van der Waals surface area (Å²) in [5.74, 6) is 0.685. The fourth-order valence-electron chi connectivity index (χ4n) is 1.85. The molecule has 1 amide bonds. The Morgan fingerprint density at radius 3 is 2.90 bits per heavy atom. The van der Waals surface area contributed by atoms with Crippen LogP contribution in [0.5, 0.6) is 11.5 Å². The molecule has 2 heterocycles. The molecule has 3 rings (SSSR count). The molecule has 1 aliphatic rings. The van der Waals surface area contributed by atoms with Gasteiger partial charge in [-0.3, -0.25) is 4.79 Å². The minimum Gasteiger partial charge on any atom is -0.472 e. The number of nitriles is 1. The average Bonchev–Trinajstić information content (AvgIpc) is 3.15. The van der Waals surface area contributed by atoms with Gasteiger partial charge in [-0.1, -0.05) is 0 Å². The van der Waals surface area contributed by atoms with Gasteiger partial charge >= 0.3 is 0 Å². The molecule has 6 heteroatoms. The minimum absolute atomic E-state index is 0.0194. The monoisotopic (exact) mass is 282 g/mol. The maximum atomic E-state index is 12.1. The number of nitrogens with one attached hydrogen (secondary N) is 1. The highest BCUT2D eigenvalue weighted by molar-refractivity contribution is 6.09. The number of carbonyl (C=O) groups is 1. The van der Waals surface area contributed by atoms with Crippen molar-refractivity contribution in [2.45, 2.75) is 0 Å². The van der Waals surface area contributed by atoms with Gasteiger partial charge in [0.2, 0.25) is 6.79 Å². The number of benzene rings is 1. The smallest absolute Gasteiger partial charge is 0.266 e. The first kappa shape index (κ1) is 12.8. The molecular formula is C15H10N2O4. The maximum absolute atomic E-state index is 12.1. The lowest BCUT2D eigenvalue weighted by Crippen LogP contribution is -2.13. The molecule has 0 saturated heterocycles. The van der Waals surface area contributed by atoms with Gasteiger partial charge in [0.1, 0.15) is 11.6 Å². The van der Waals surface area contributed by atoms with E-state index in [1.54, 1.807) is 24.3 Å². The summed E-state index contributed by atoms with van der Waals surface area (Å²) in [6.07, 6.45) is 4.37. The number of carbonyl (C=O) groups excluding carboxylic acids is 1. The van der Waals surface area contributed by atoms with Crippen LogP contribution in [0.2, 0.25) is 0 Å². The molecule has 0 spiro atoms. The number of nitrogens with zero attached hydrogens (tertiary/aromatic N) is 1. The molecule has 0 unspecified atom stereocenters. The summed E-state index contributed by atoms with van der Waals surface area (Å²) >= 11 is 0. The molecule has 2 aromatic rings. The number of ether oxygens (including phenoxy) is 2. The second kappa shape index (κ2) is 5.43. The van der Waals surface area contributed by atoms with E-state index in [1.807, 2.05) is 6.07 Å². The number of anilines is 1. The van der Waals surface area contributed by atoms with Crippen LogP contribution in [0.1, 0.15) is 5.56 Å². The van der Waals surface area contributed by atoms with E-state index in [1.165, 1.54) is 18.6 Å². The first-order valence-electron chi connectivity index (χ1n) is 6.11. The van der Waals surface area contributed by atoms with Crippen LogP contribution < -0.4 is 14.8 Å². The van der Waals surface area contributed by atoms with Gasteiger partial charge in [-0.15, -0.1) is 0 Å². The molecule has 0 aliphatic carbocycles. The molecule has 1 aromatic carbocycles. The molecule has 0 bridgehead atoms. The lowest BCUT2D eigenvalue weighted by Gasteiger charge is -2.05.